The molecule has 0 aliphatic carbocycles. The second kappa shape index (κ2) is 8.29. The van der Waals surface area contributed by atoms with Crippen LogP contribution in [0.4, 0.5) is 5.69 Å². The minimum absolute atomic E-state index is 0.00889. The summed E-state index contributed by atoms with van der Waals surface area (Å²) >= 11 is 1.37. The largest absolute Gasteiger partial charge is 0.484 e. The van der Waals surface area contributed by atoms with Crippen LogP contribution in [-0.2, 0) is 9.53 Å². The van der Waals surface area contributed by atoms with E-state index in [2.05, 4.69) is 10.3 Å². The van der Waals surface area contributed by atoms with E-state index in [1.165, 1.54) is 11.3 Å². The van der Waals surface area contributed by atoms with Crippen molar-refractivity contribution in [1.29, 1.82) is 0 Å². The van der Waals surface area contributed by atoms with Gasteiger partial charge in [0, 0.05) is 18.8 Å². The third-order valence-corrected chi connectivity index (χ3v) is 5.02. The number of ether oxygens (including phenoxy) is 2. The zero-order valence-electron chi connectivity index (χ0n) is 14.8. The van der Waals surface area contributed by atoms with Crippen molar-refractivity contribution in [2.45, 2.75) is 13.8 Å². The minimum atomic E-state index is -0.177. The van der Waals surface area contributed by atoms with Gasteiger partial charge in [0.15, 0.2) is 6.61 Å². The Balaban J connectivity index is 1.52. The highest BCUT2D eigenvalue weighted by Crippen LogP contribution is 2.20. The first-order chi connectivity index (χ1) is 12.5. The third-order valence-electron chi connectivity index (χ3n) is 3.95. The number of anilines is 1. The number of nitrogens with zero attached hydrogens (tertiary/aromatic N) is 2. The van der Waals surface area contributed by atoms with Crippen molar-refractivity contribution in [3.63, 3.8) is 0 Å². The summed E-state index contributed by atoms with van der Waals surface area (Å²) in [5.41, 5.74) is 1.39. The molecule has 3 rings (SSSR count). The van der Waals surface area contributed by atoms with Crippen molar-refractivity contribution >= 4 is 28.8 Å². The van der Waals surface area contributed by atoms with Gasteiger partial charge >= 0.3 is 0 Å². The Hall–Kier alpha value is -2.45. The van der Waals surface area contributed by atoms with Crippen LogP contribution in [0.2, 0.25) is 0 Å². The van der Waals surface area contributed by atoms with Crippen molar-refractivity contribution in [2.75, 3.05) is 38.2 Å². The van der Waals surface area contributed by atoms with Crippen molar-refractivity contribution in [2.24, 2.45) is 0 Å². The Bertz CT molecular complexity index is 782. The number of carbonyl (C=O) groups excluding carboxylic acids is 2. The zero-order chi connectivity index (χ0) is 18.5. The standard InChI is InChI=1S/C18H21N3O4S/c1-12-17(26-13(2)19-12)18(23)20-14-3-5-15(6-4-14)25-11-16(22)21-7-9-24-10-8-21/h3-6H,7-11H2,1-2H3,(H,20,23). The lowest BCUT2D eigenvalue weighted by atomic mass is 10.3. The number of rotatable bonds is 5. The number of morpholine rings is 1. The number of benzene rings is 1. The summed E-state index contributed by atoms with van der Waals surface area (Å²) in [4.78, 5) is 31.0. The quantitative estimate of drug-likeness (QED) is 0.867. The topological polar surface area (TPSA) is 80.8 Å². The van der Waals surface area contributed by atoms with Crippen LogP contribution in [0, 0.1) is 13.8 Å². The molecule has 0 bridgehead atoms. The molecule has 138 valence electrons. The predicted octanol–water partition coefficient (Wildman–Crippen LogP) is 2.25. The number of hydrogen-bond donors (Lipinski definition) is 1. The number of hydrogen-bond acceptors (Lipinski definition) is 6. The Labute approximate surface area is 155 Å². The highest BCUT2D eigenvalue weighted by Gasteiger charge is 2.17. The zero-order valence-corrected chi connectivity index (χ0v) is 15.6. The third kappa shape index (κ3) is 4.59. The predicted molar refractivity (Wildman–Crippen MR) is 98.9 cm³/mol. The minimum Gasteiger partial charge on any atom is -0.484 e. The van der Waals surface area contributed by atoms with Crippen molar-refractivity contribution in [3.8, 4) is 5.75 Å². The molecule has 26 heavy (non-hydrogen) atoms. The molecular weight excluding hydrogens is 354 g/mol. The van der Waals surface area contributed by atoms with Crippen LogP contribution in [0.15, 0.2) is 24.3 Å². The highest BCUT2D eigenvalue weighted by atomic mass is 32.1. The van der Waals surface area contributed by atoms with Gasteiger partial charge in [-0.25, -0.2) is 4.98 Å². The molecule has 2 heterocycles. The summed E-state index contributed by atoms with van der Waals surface area (Å²) in [5.74, 6) is 0.348. The smallest absolute Gasteiger partial charge is 0.267 e. The molecule has 1 saturated heterocycles. The average Bonchev–Trinajstić information content (AvgIpc) is 3.00. The number of amides is 2. The van der Waals surface area contributed by atoms with Crippen LogP contribution < -0.4 is 10.1 Å². The number of carbonyl (C=O) groups is 2. The summed E-state index contributed by atoms with van der Waals surface area (Å²) in [6, 6.07) is 6.95. The highest BCUT2D eigenvalue weighted by molar-refractivity contribution is 7.13. The first kappa shape index (κ1) is 18.3. The maximum atomic E-state index is 12.3. The molecule has 0 unspecified atom stereocenters. The maximum absolute atomic E-state index is 12.3. The fourth-order valence-electron chi connectivity index (χ4n) is 2.61. The van der Waals surface area contributed by atoms with Crippen molar-refractivity contribution in [3.05, 3.63) is 39.8 Å². The van der Waals surface area contributed by atoms with Gasteiger partial charge < -0.3 is 19.7 Å². The fraction of sp³-hybridized carbons (Fsp3) is 0.389. The first-order valence-corrected chi connectivity index (χ1v) is 9.18. The number of nitrogens with one attached hydrogen (secondary N) is 1. The van der Waals surface area contributed by atoms with Gasteiger partial charge in [0.05, 0.1) is 23.9 Å². The molecule has 2 amide bonds. The lowest BCUT2D eigenvalue weighted by Gasteiger charge is -2.26. The van der Waals surface area contributed by atoms with Crippen LogP contribution in [-0.4, -0.2) is 54.6 Å². The second-order valence-electron chi connectivity index (χ2n) is 5.91. The molecule has 0 saturated carbocycles. The first-order valence-electron chi connectivity index (χ1n) is 8.36. The van der Waals surface area contributed by atoms with Gasteiger partial charge in [-0.3, -0.25) is 9.59 Å². The molecule has 0 radical (unpaired) electrons. The van der Waals surface area contributed by atoms with Gasteiger partial charge in [-0.05, 0) is 38.1 Å². The molecule has 0 atom stereocenters. The van der Waals surface area contributed by atoms with Gasteiger partial charge in [-0.1, -0.05) is 0 Å². The Morgan fingerprint density at radius 1 is 1.23 bits per heavy atom. The molecule has 8 heteroatoms. The summed E-state index contributed by atoms with van der Waals surface area (Å²) in [7, 11) is 0. The number of thiazole rings is 1. The lowest BCUT2D eigenvalue weighted by molar-refractivity contribution is -0.137. The molecule has 1 aromatic carbocycles. The summed E-state index contributed by atoms with van der Waals surface area (Å²) in [6.07, 6.45) is 0. The molecule has 7 nitrogen and oxygen atoms in total. The molecule has 1 N–H and O–H groups in total. The van der Waals surface area contributed by atoms with Crippen LogP contribution >= 0.6 is 11.3 Å². The summed E-state index contributed by atoms with van der Waals surface area (Å²) < 4.78 is 10.8. The van der Waals surface area contributed by atoms with Gasteiger partial charge in [-0.15, -0.1) is 11.3 Å². The molecule has 1 aliphatic heterocycles. The summed E-state index contributed by atoms with van der Waals surface area (Å²) in [6.45, 7) is 6.02. The normalized spacial score (nSPS) is 14.2. The van der Waals surface area contributed by atoms with E-state index in [9.17, 15) is 9.59 Å². The second-order valence-corrected chi connectivity index (χ2v) is 7.11. The van der Waals surface area contributed by atoms with E-state index in [0.717, 1.165) is 10.7 Å². The van der Waals surface area contributed by atoms with E-state index in [-0.39, 0.29) is 18.4 Å². The molecular formula is C18H21N3O4S. The monoisotopic (exact) mass is 375 g/mol. The molecule has 0 spiro atoms. The van der Waals surface area contributed by atoms with Crippen LogP contribution in [0.1, 0.15) is 20.4 Å². The van der Waals surface area contributed by atoms with Crippen LogP contribution in [0.25, 0.3) is 0 Å². The average molecular weight is 375 g/mol. The Kier molecular flexibility index (Phi) is 5.85. The van der Waals surface area contributed by atoms with Crippen molar-refractivity contribution < 1.29 is 19.1 Å². The Morgan fingerprint density at radius 2 is 1.92 bits per heavy atom. The molecule has 1 aliphatic rings. The molecule has 1 fully saturated rings. The van der Waals surface area contributed by atoms with E-state index in [0.29, 0.717) is 42.6 Å². The van der Waals surface area contributed by atoms with Crippen molar-refractivity contribution in [1.82, 2.24) is 9.88 Å². The van der Waals surface area contributed by atoms with E-state index in [1.807, 2.05) is 13.8 Å². The van der Waals surface area contributed by atoms with E-state index in [4.69, 9.17) is 9.47 Å². The van der Waals surface area contributed by atoms with Crippen LogP contribution in [0.5, 0.6) is 5.75 Å². The SMILES string of the molecule is Cc1nc(C)c(C(=O)Nc2ccc(OCC(=O)N3CCOCC3)cc2)s1. The van der Waals surface area contributed by atoms with Gasteiger partial charge in [0.1, 0.15) is 10.6 Å². The van der Waals surface area contributed by atoms with Crippen LogP contribution in [0.3, 0.4) is 0 Å². The van der Waals surface area contributed by atoms with Gasteiger partial charge in [0.25, 0.3) is 11.8 Å². The fourth-order valence-corrected chi connectivity index (χ4v) is 3.43. The van der Waals surface area contributed by atoms with Gasteiger partial charge in [0.2, 0.25) is 0 Å². The molecule has 1 aromatic heterocycles. The Morgan fingerprint density at radius 3 is 2.54 bits per heavy atom. The van der Waals surface area contributed by atoms with E-state index in [1.54, 1.807) is 29.2 Å². The van der Waals surface area contributed by atoms with Gasteiger partial charge in [-0.2, -0.15) is 0 Å². The van der Waals surface area contributed by atoms with E-state index >= 15 is 0 Å². The number of aryl methyl sites for hydroxylation is 2. The lowest BCUT2D eigenvalue weighted by Crippen LogP contribution is -2.42. The number of aromatic nitrogens is 1. The summed E-state index contributed by atoms with van der Waals surface area (Å²) in [5, 5.41) is 3.71. The maximum Gasteiger partial charge on any atom is 0.267 e. The molecule has 2 aromatic rings. The van der Waals surface area contributed by atoms with E-state index < -0.39 is 0 Å².